The van der Waals surface area contributed by atoms with Gasteiger partial charge in [-0.15, -0.1) is 0 Å². The van der Waals surface area contributed by atoms with Crippen molar-refractivity contribution in [1.29, 1.82) is 0 Å². The van der Waals surface area contributed by atoms with Crippen LogP contribution >= 0.6 is 0 Å². The van der Waals surface area contributed by atoms with Gasteiger partial charge in [0.25, 0.3) is 0 Å². The second-order valence-electron chi connectivity index (χ2n) is 6.33. The third-order valence-electron chi connectivity index (χ3n) is 5.41. The van der Waals surface area contributed by atoms with Crippen LogP contribution in [0.4, 0.5) is 0 Å². The molecule has 1 aliphatic heterocycles. The summed E-state index contributed by atoms with van der Waals surface area (Å²) < 4.78 is 5.26. The molecule has 3 atom stereocenters. The van der Waals surface area contributed by atoms with Gasteiger partial charge in [-0.05, 0) is 37.1 Å². The van der Waals surface area contributed by atoms with E-state index in [1.807, 2.05) is 13.0 Å². The molecular formula is C18H19NO5. The lowest BCUT2D eigenvalue weighted by molar-refractivity contribution is -0.146. The molecule has 3 rings (SSSR count). The highest BCUT2D eigenvalue weighted by Crippen LogP contribution is 2.61. The van der Waals surface area contributed by atoms with Gasteiger partial charge in [-0.25, -0.2) is 4.79 Å². The van der Waals surface area contributed by atoms with Crippen LogP contribution in [0.2, 0.25) is 0 Å². The Morgan fingerprint density at radius 1 is 1.21 bits per heavy atom. The number of aliphatic imine (C=N–C) groups is 1. The average molecular weight is 329 g/mol. The summed E-state index contributed by atoms with van der Waals surface area (Å²) in [5, 5.41) is 19.8. The van der Waals surface area contributed by atoms with Crippen molar-refractivity contribution < 1.29 is 24.5 Å². The summed E-state index contributed by atoms with van der Waals surface area (Å²) in [5.74, 6) is -2.80. The van der Waals surface area contributed by atoms with Crippen molar-refractivity contribution in [2.45, 2.75) is 32.6 Å². The van der Waals surface area contributed by atoms with Gasteiger partial charge >= 0.3 is 11.9 Å². The molecule has 1 aromatic carbocycles. The molecule has 3 unspecified atom stereocenters. The van der Waals surface area contributed by atoms with E-state index in [4.69, 9.17) is 4.74 Å². The predicted molar refractivity (Wildman–Crippen MR) is 87.7 cm³/mol. The fourth-order valence-electron chi connectivity index (χ4n) is 4.32. The highest BCUT2D eigenvalue weighted by Gasteiger charge is 2.62. The second kappa shape index (κ2) is 5.19. The second-order valence-corrected chi connectivity index (χ2v) is 6.33. The molecule has 0 spiro atoms. The maximum Gasteiger partial charge on any atom is 0.334 e. The third kappa shape index (κ3) is 1.79. The zero-order valence-electron chi connectivity index (χ0n) is 14.0. The first-order valence-electron chi connectivity index (χ1n) is 7.67. The fourth-order valence-corrected chi connectivity index (χ4v) is 4.32. The summed E-state index contributed by atoms with van der Waals surface area (Å²) in [7, 11) is 1.53. The van der Waals surface area contributed by atoms with Crippen molar-refractivity contribution in [3.63, 3.8) is 0 Å². The summed E-state index contributed by atoms with van der Waals surface area (Å²) in [6.07, 6.45) is 0. The van der Waals surface area contributed by atoms with E-state index in [2.05, 4.69) is 4.99 Å². The summed E-state index contributed by atoms with van der Waals surface area (Å²) >= 11 is 0. The van der Waals surface area contributed by atoms with E-state index in [1.165, 1.54) is 7.11 Å². The number of fused-ring (bicyclic) bond motifs is 3. The minimum absolute atomic E-state index is 0.0434. The van der Waals surface area contributed by atoms with Gasteiger partial charge in [0.1, 0.15) is 11.2 Å². The molecule has 1 heterocycles. The topological polar surface area (TPSA) is 96.2 Å². The normalized spacial score (nSPS) is 28.1. The minimum atomic E-state index is -1.39. The molecular weight excluding hydrogens is 310 g/mol. The van der Waals surface area contributed by atoms with Crippen molar-refractivity contribution in [3.05, 3.63) is 40.6 Å². The number of methoxy groups -OCH3 is 1. The number of allylic oxidation sites excluding steroid dienone is 1. The van der Waals surface area contributed by atoms with E-state index in [9.17, 15) is 19.8 Å². The molecule has 0 saturated heterocycles. The number of nitrogens with zero attached hydrogens (tertiary/aromatic N) is 1. The Labute approximate surface area is 139 Å². The number of aliphatic carboxylic acids is 2. The van der Waals surface area contributed by atoms with Gasteiger partial charge < -0.3 is 14.9 Å². The summed E-state index contributed by atoms with van der Waals surface area (Å²) in [6.45, 7) is 5.10. The smallest absolute Gasteiger partial charge is 0.334 e. The van der Waals surface area contributed by atoms with E-state index in [-0.39, 0.29) is 5.57 Å². The van der Waals surface area contributed by atoms with E-state index in [0.29, 0.717) is 22.7 Å². The van der Waals surface area contributed by atoms with Crippen LogP contribution in [0, 0.1) is 5.41 Å². The number of carbonyl (C=O) groups is 2. The Morgan fingerprint density at radius 3 is 2.42 bits per heavy atom. The van der Waals surface area contributed by atoms with Crippen molar-refractivity contribution in [3.8, 4) is 5.75 Å². The molecule has 126 valence electrons. The molecule has 2 aliphatic rings. The Balaban J connectivity index is 2.40. The number of rotatable bonds is 3. The van der Waals surface area contributed by atoms with Crippen LogP contribution in [-0.4, -0.2) is 35.0 Å². The zero-order valence-corrected chi connectivity index (χ0v) is 14.0. The van der Waals surface area contributed by atoms with Crippen LogP contribution in [-0.2, 0) is 9.59 Å². The average Bonchev–Trinajstić information content (AvgIpc) is 2.77. The summed E-state index contributed by atoms with van der Waals surface area (Å²) in [4.78, 5) is 28.5. The first kappa shape index (κ1) is 16.2. The quantitative estimate of drug-likeness (QED) is 0.889. The lowest BCUT2D eigenvalue weighted by atomic mass is 9.63. The van der Waals surface area contributed by atoms with Gasteiger partial charge in [0.05, 0.1) is 12.7 Å². The highest BCUT2D eigenvalue weighted by atomic mass is 16.5. The van der Waals surface area contributed by atoms with E-state index in [1.54, 1.807) is 26.0 Å². The monoisotopic (exact) mass is 329 g/mol. The van der Waals surface area contributed by atoms with Crippen LogP contribution < -0.4 is 4.74 Å². The largest absolute Gasteiger partial charge is 0.497 e. The number of hydrogen-bond donors (Lipinski definition) is 2. The van der Waals surface area contributed by atoms with Crippen molar-refractivity contribution in [1.82, 2.24) is 0 Å². The van der Waals surface area contributed by atoms with E-state index >= 15 is 0 Å². The standard InChI is InChI=1S/C18H19NO5/c1-8-12-6-5-11(24-4)7-13(12)15-14(16(20)21)9(2)19-10(3)18(8,15)17(22)23/h5-8,15H,1-4H3,(H,20,21)(H,22,23). The predicted octanol–water partition coefficient (Wildman–Crippen LogP) is 2.80. The zero-order chi connectivity index (χ0) is 17.8. The lowest BCUT2D eigenvalue weighted by Crippen LogP contribution is -2.47. The first-order valence-corrected chi connectivity index (χ1v) is 7.67. The first-order chi connectivity index (χ1) is 11.3. The molecule has 6 heteroatoms. The maximum atomic E-state index is 12.3. The highest BCUT2D eigenvalue weighted by molar-refractivity contribution is 6.12. The van der Waals surface area contributed by atoms with E-state index in [0.717, 1.165) is 5.56 Å². The van der Waals surface area contributed by atoms with Crippen molar-refractivity contribution in [2.24, 2.45) is 10.4 Å². The molecule has 0 radical (unpaired) electrons. The number of benzene rings is 1. The van der Waals surface area contributed by atoms with Gasteiger partial charge in [-0.3, -0.25) is 9.79 Å². The molecule has 2 N–H and O–H groups in total. The van der Waals surface area contributed by atoms with Crippen LogP contribution in [0.15, 0.2) is 34.5 Å². The maximum absolute atomic E-state index is 12.3. The van der Waals surface area contributed by atoms with Crippen LogP contribution in [0.3, 0.4) is 0 Å². The molecule has 1 aromatic rings. The lowest BCUT2D eigenvalue weighted by Gasteiger charge is -2.38. The molecule has 24 heavy (non-hydrogen) atoms. The third-order valence-corrected chi connectivity index (χ3v) is 5.41. The molecule has 0 saturated carbocycles. The van der Waals surface area contributed by atoms with Crippen LogP contribution in [0.25, 0.3) is 0 Å². The van der Waals surface area contributed by atoms with Crippen molar-refractivity contribution >= 4 is 17.7 Å². The van der Waals surface area contributed by atoms with Crippen LogP contribution in [0.1, 0.15) is 43.7 Å². The molecule has 1 aliphatic carbocycles. The summed E-state index contributed by atoms with van der Waals surface area (Å²) in [5.41, 5.74) is 0.959. The number of hydrogen-bond acceptors (Lipinski definition) is 4. The van der Waals surface area contributed by atoms with Crippen LogP contribution in [0.5, 0.6) is 5.75 Å². The van der Waals surface area contributed by atoms with Gasteiger partial charge in [0.15, 0.2) is 0 Å². The van der Waals surface area contributed by atoms with Gasteiger partial charge in [0.2, 0.25) is 0 Å². The molecule has 0 fully saturated rings. The minimum Gasteiger partial charge on any atom is -0.497 e. The number of carboxylic acids is 2. The molecule has 0 amide bonds. The Kier molecular flexibility index (Phi) is 3.51. The van der Waals surface area contributed by atoms with Gasteiger partial charge in [-0.1, -0.05) is 13.0 Å². The Bertz CT molecular complexity index is 823. The molecule has 0 aromatic heterocycles. The Hall–Kier alpha value is -2.63. The number of ether oxygens (including phenoxy) is 1. The van der Waals surface area contributed by atoms with Gasteiger partial charge in [-0.2, -0.15) is 0 Å². The fraction of sp³-hybridized carbons (Fsp3) is 0.389. The number of carboxylic acid groups (broad SMARTS) is 2. The SMILES string of the molecule is COc1ccc2c(c1)C1C(C(=O)O)=C(C)N=C(C)C1(C(=O)O)C2C. The molecule has 6 nitrogen and oxygen atoms in total. The Morgan fingerprint density at radius 2 is 1.88 bits per heavy atom. The molecule has 0 bridgehead atoms. The van der Waals surface area contributed by atoms with Crippen molar-refractivity contribution in [2.75, 3.05) is 7.11 Å². The summed E-state index contributed by atoms with van der Waals surface area (Å²) in [6, 6.07) is 5.34. The van der Waals surface area contributed by atoms with E-state index < -0.39 is 29.2 Å². The van der Waals surface area contributed by atoms with Gasteiger partial charge in [0, 0.05) is 23.2 Å².